The number of allylic oxidation sites excluding steroid dienone is 4. The number of aromatic nitrogens is 4. The van der Waals surface area contributed by atoms with Gasteiger partial charge in [-0.1, -0.05) is 36.8 Å². The zero-order chi connectivity index (χ0) is 25.2. The first-order chi connectivity index (χ1) is 18.2. The smallest absolute Gasteiger partial charge is 0.165 e. The number of nitrogens with two attached hydrogens (primary N) is 2. The van der Waals surface area contributed by atoms with Gasteiger partial charge in [-0.05, 0) is 79.8 Å². The lowest BCUT2D eigenvalue weighted by molar-refractivity contribution is 0.265. The van der Waals surface area contributed by atoms with Gasteiger partial charge in [0.1, 0.15) is 11.3 Å². The van der Waals surface area contributed by atoms with Crippen LogP contribution in [-0.2, 0) is 6.54 Å². The van der Waals surface area contributed by atoms with Crippen LogP contribution < -0.4 is 11.5 Å². The largest absolute Gasteiger partial charge is 0.383 e. The van der Waals surface area contributed by atoms with Crippen molar-refractivity contribution in [1.29, 1.82) is 0 Å². The molecular formula is C30H33N7. The van der Waals surface area contributed by atoms with Crippen LogP contribution in [0.3, 0.4) is 0 Å². The van der Waals surface area contributed by atoms with E-state index in [1.165, 1.54) is 18.4 Å². The molecule has 6 rings (SSSR count). The van der Waals surface area contributed by atoms with E-state index in [0.29, 0.717) is 5.82 Å². The highest BCUT2D eigenvalue weighted by molar-refractivity contribution is 5.85. The second-order valence-corrected chi connectivity index (χ2v) is 10.0. The molecule has 1 aliphatic carbocycles. The molecule has 1 saturated heterocycles. The van der Waals surface area contributed by atoms with Crippen molar-refractivity contribution in [2.24, 2.45) is 5.73 Å². The molecule has 1 atom stereocenters. The zero-order valence-corrected chi connectivity index (χ0v) is 21.1. The summed E-state index contributed by atoms with van der Waals surface area (Å²) in [6, 6.07) is 16.9. The van der Waals surface area contributed by atoms with Crippen molar-refractivity contribution >= 4 is 22.6 Å². The highest BCUT2D eigenvalue weighted by Crippen LogP contribution is 2.32. The Labute approximate surface area is 217 Å². The van der Waals surface area contributed by atoms with Crippen LogP contribution >= 0.6 is 0 Å². The van der Waals surface area contributed by atoms with Crippen LogP contribution in [0, 0.1) is 0 Å². The average Bonchev–Trinajstić information content (AvgIpc) is 3.18. The van der Waals surface area contributed by atoms with Gasteiger partial charge in [0.2, 0.25) is 0 Å². The zero-order valence-electron chi connectivity index (χ0n) is 21.1. The number of hydrogen-bond donors (Lipinski definition) is 2. The standard InChI is InChI=1S/C30H33N7/c31-23-9-4-5-18-36(20-23)19-21-11-13-24(14-12-21)37-29(25-10-6-17-33-28(25)32)35-27-16-15-26(34-30(27)37)22-7-2-1-3-8-22/h2,6-8,10-17,23H,1,3-5,9,18-20,31H2,(H2,32,33). The Morgan fingerprint density at radius 1 is 0.973 bits per heavy atom. The molecule has 1 fully saturated rings. The first-order valence-corrected chi connectivity index (χ1v) is 13.2. The highest BCUT2D eigenvalue weighted by Gasteiger charge is 2.20. The average molecular weight is 492 g/mol. The molecule has 3 aromatic heterocycles. The van der Waals surface area contributed by atoms with Crippen LogP contribution in [0.1, 0.15) is 43.4 Å². The quantitative estimate of drug-likeness (QED) is 0.402. The molecule has 0 amide bonds. The van der Waals surface area contributed by atoms with E-state index < -0.39 is 0 Å². The lowest BCUT2D eigenvalue weighted by atomic mass is 10.0. The molecule has 188 valence electrons. The Hall–Kier alpha value is -3.81. The van der Waals surface area contributed by atoms with Crippen molar-refractivity contribution in [1.82, 2.24) is 24.4 Å². The lowest BCUT2D eigenvalue weighted by Gasteiger charge is -2.22. The van der Waals surface area contributed by atoms with E-state index in [-0.39, 0.29) is 6.04 Å². The molecule has 7 heteroatoms. The van der Waals surface area contributed by atoms with Gasteiger partial charge in [0.05, 0.1) is 11.3 Å². The SMILES string of the molecule is Nc1ncccc1-c1nc2ccc(C3=CCCC=C3)nc2n1-c1ccc(CN2CCCCC(N)C2)cc1. The monoisotopic (exact) mass is 491 g/mol. The third-order valence-corrected chi connectivity index (χ3v) is 7.27. The van der Waals surface area contributed by atoms with Crippen molar-refractivity contribution in [3.8, 4) is 17.1 Å². The van der Waals surface area contributed by atoms with Gasteiger partial charge in [-0.15, -0.1) is 0 Å². The molecule has 0 bridgehead atoms. The summed E-state index contributed by atoms with van der Waals surface area (Å²) in [7, 11) is 0. The minimum atomic E-state index is 0.265. The predicted octanol–water partition coefficient (Wildman–Crippen LogP) is 5.11. The molecule has 37 heavy (non-hydrogen) atoms. The maximum Gasteiger partial charge on any atom is 0.165 e. The third-order valence-electron chi connectivity index (χ3n) is 7.27. The van der Waals surface area contributed by atoms with Gasteiger partial charge in [-0.3, -0.25) is 9.47 Å². The van der Waals surface area contributed by atoms with Crippen LogP contribution in [0.5, 0.6) is 0 Å². The van der Waals surface area contributed by atoms with Crippen LogP contribution in [-0.4, -0.2) is 43.6 Å². The molecule has 1 aromatic carbocycles. The van der Waals surface area contributed by atoms with Gasteiger partial charge in [0.15, 0.2) is 11.5 Å². The summed E-state index contributed by atoms with van der Waals surface area (Å²) in [6.07, 6.45) is 14.0. The lowest BCUT2D eigenvalue weighted by Crippen LogP contribution is -2.35. The van der Waals surface area contributed by atoms with Crippen LogP contribution in [0.4, 0.5) is 5.82 Å². The molecule has 1 unspecified atom stereocenters. The van der Waals surface area contributed by atoms with Crippen molar-refractivity contribution < 1.29 is 0 Å². The number of fused-ring (bicyclic) bond motifs is 1. The summed E-state index contributed by atoms with van der Waals surface area (Å²) in [6.45, 7) is 2.96. The number of pyridine rings is 2. The second-order valence-electron chi connectivity index (χ2n) is 10.0. The summed E-state index contributed by atoms with van der Waals surface area (Å²) in [5, 5.41) is 0. The van der Waals surface area contributed by atoms with Gasteiger partial charge in [0, 0.05) is 31.0 Å². The molecule has 1 aliphatic heterocycles. The minimum Gasteiger partial charge on any atom is -0.383 e. The molecule has 4 N–H and O–H groups in total. The van der Waals surface area contributed by atoms with E-state index in [1.54, 1.807) is 6.20 Å². The number of nitrogen functional groups attached to an aromatic ring is 1. The van der Waals surface area contributed by atoms with Gasteiger partial charge in [0.25, 0.3) is 0 Å². The summed E-state index contributed by atoms with van der Waals surface area (Å²) in [5.74, 6) is 1.19. The molecular weight excluding hydrogens is 458 g/mol. The van der Waals surface area contributed by atoms with E-state index in [9.17, 15) is 0 Å². The second kappa shape index (κ2) is 10.3. The highest BCUT2D eigenvalue weighted by atomic mass is 15.1. The number of rotatable bonds is 5. The van der Waals surface area contributed by atoms with Gasteiger partial charge in [-0.2, -0.15) is 0 Å². The molecule has 4 heterocycles. The van der Waals surface area contributed by atoms with Crippen molar-refractivity contribution in [3.05, 3.63) is 84.2 Å². The minimum absolute atomic E-state index is 0.265. The van der Waals surface area contributed by atoms with Gasteiger partial charge >= 0.3 is 0 Å². The Morgan fingerprint density at radius 3 is 2.68 bits per heavy atom. The van der Waals surface area contributed by atoms with E-state index in [2.05, 4.69) is 56.9 Å². The first-order valence-electron chi connectivity index (χ1n) is 13.2. The first kappa shape index (κ1) is 23.6. The van der Waals surface area contributed by atoms with Crippen molar-refractivity contribution in [2.75, 3.05) is 18.8 Å². The summed E-state index contributed by atoms with van der Waals surface area (Å²) in [5.41, 5.74) is 19.4. The number of likely N-dealkylation sites (tertiary alicyclic amines) is 1. The van der Waals surface area contributed by atoms with Gasteiger partial charge in [-0.25, -0.2) is 15.0 Å². The summed E-state index contributed by atoms with van der Waals surface area (Å²) < 4.78 is 2.10. The van der Waals surface area contributed by atoms with Gasteiger partial charge < -0.3 is 11.5 Å². The maximum absolute atomic E-state index is 6.30. The molecule has 4 aromatic rings. The normalized spacial score (nSPS) is 18.6. The molecule has 0 spiro atoms. The van der Waals surface area contributed by atoms with E-state index in [1.807, 2.05) is 24.3 Å². The molecule has 2 aliphatic rings. The van der Waals surface area contributed by atoms with E-state index >= 15 is 0 Å². The maximum atomic E-state index is 6.30. The number of hydrogen-bond acceptors (Lipinski definition) is 6. The Morgan fingerprint density at radius 2 is 1.86 bits per heavy atom. The molecule has 0 saturated carbocycles. The Balaban J connectivity index is 1.42. The van der Waals surface area contributed by atoms with E-state index in [4.69, 9.17) is 21.4 Å². The fourth-order valence-electron chi connectivity index (χ4n) is 5.36. The number of benzene rings is 1. The number of imidazole rings is 1. The van der Waals surface area contributed by atoms with Crippen LogP contribution in [0.2, 0.25) is 0 Å². The van der Waals surface area contributed by atoms with Crippen molar-refractivity contribution in [2.45, 2.75) is 44.7 Å². The van der Waals surface area contributed by atoms with Crippen molar-refractivity contribution in [3.63, 3.8) is 0 Å². The third kappa shape index (κ3) is 4.92. The fraction of sp³-hybridized carbons (Fsp3) is 0.300. The van der Waals surface area contributed by atoms with Crippen LogP contribution in [0.15, 0.2) is 73.0 Å². The number of anilines is 1. The topological polar surface area (TPSA) is 98.9 Å². The predicted molar refractivity (Wildman–Crippen MR) is 150 cm³/mol. The summed E-state index contributed by atoms with van der Waals surface area (Å²) >= 11 is 0. The Kier molecular flexibility index (Phi) is 6.55. The summed E-state index contributed by atoms with van der Waals surface area (Å²) in [4.78, 5) is 16.8. The van der Waals surface area contributed by atoms with Crippen LogP contribution in [0.25, 0.3) is 33.8 Å². The van der Waals surface area contributed by atoms with E-state index in [0.717, 1.165) is 78.4 Å². The fourth-order valence-corrected chi connectivity index (χ4v) is 5.36. The number of nitrogens with zero attached hydrogens (tertiary/aromatic N) is 5. The molecule has 0 radical (unpaired) electrons. The molecule has 7 nitrogen and oxygen atoms in total. The Bertz CT molecular complexity index is 1470.